The van der Waals surface area contributed by atoms with Gasteiger partial charge in [0.1, 0.15) is 0 Å². The van der Waals surface area contributed by atoms with Crippen molar-refractivity contribution < 1.29 is 19.1 Å². The average molecular weight is 320 g/mol. The molecule has 1 amide bonds. The molecule has 1 saturated heterocycles. The van der Waals surface area contributed by atoms with Crippen LogP contribution in [0, 0.1) is 5.92 Å². The molecule has 0 spiro atoms. The molecule has 0 saturated carbocycles. The summed E-state index contributed by atoms with van der Waals surface area (Å²) in [5.74, 6) is -0.191. The molecule has 126 valence electrons. The summed E-state index contributed by atoms with van der Waals surface area (Å²) < 4.78 is 10.2. The van der Waals surface area contributed by atoms with Gasteiger partial charge in [0.2, 0.25) is 5.91 Å². The highest BCUT2D eigenvalue weighted by molar-refractivity contribution is 5.99. The number of nitrogens with one attached hydrogen (secondary N) is 1. The maximum Gasteiger partial charge on any atom is 0.340 e. The molecule has 0 aliphatic carbocycles. The zero-order valence-electron chi connectivity index (χ0n) is 13.9. The first-order valence-corrected chi connectivity index (χ1v) is 7.86. The molecule has 0 radical (unpaired) electrons. The van der Waals surface area contributed by atoms with Crippen LogP contribution in [0.3, 0.4) is 0 Å². The number of methoxy groups -OCH3 is 1. The summed E-state index contributed by atoms with van der Waals surface area (Å²) in [5, 5.41) is 2.83. The van der Waals surface area contributed by atoms with E-state index in [1.807, 2.05) is 26.0 Å². The Bertz CT molecular complexity index is 566. The minimum absolute atomic E-state index is 0.0602. The molecule has 1 fully saturated rings. The quantitative estimate of drug-likeness (QED) is 0.843. The third kappa shape index (κ3) is 4.69. The summed E-state index contributed by atoms with van der Waals surface area (Å²) in [5.41, 5.74) is 1.87. The number of carbonyl (C=O) groups is 2. The molecule has 1 aromatic carbocycles. The van der Waals surface area contributed by atoms with Crippen molar-refractivity contribution >= 4 is 23.3 Å². The van der Waals surface area contributed by atoms with Crippen LogP contribution in [0.25, 0.3) is 0 Å². The van der Waals surface area contributed by atoms with E-state index in [-0.39, 0.29) is 11.8 Å². The van der Waals surface area contributed by atoms with Gasteiger partial charge in [0.05, 0.1) is 31.6 Å². The number of esters is 1. The molecule has 1 aliphatic rings. The number of carbonyl (C=O) groups excluding carboxylic acids is 2. The highest BCUT2D eigenvalue weighted by atomic mass is 16.5. The highest BCUT2D eigenvalue weighted by Crippen LogP contribution is 2.26. The van der Waals surface area contributed by atoms with E-state index >= 15 is 0 Å². The molecule has 2 rings (SSSR count). The molecule has 0 bridgehead atoms. The lowest BCUT2D eigenvalue weighted by atomic mass is 10.1. The molecular formula is C17H24N2O4. The molecule has 1 aromatic rings. The van der Waals surface area contributed by atoms with Crippen molar-refractivity contribution in [3.8, 4) is 0 Å². The molecule has 0 atom stereocenters. The average Bonchev–Trinajstić information content (AvgIpc) is 2.54. The predicted molar refractivity (Wildman–Crippen MR) is 88.9 cm³/mol. The Hall–Kier alpha value is -2.08. The molecule has 1 N–H and O–H groups in total. The van der Waals surface area contributed by atoms with Gasteiger partial charge < -0.3 is 19.7 Å². The second kappa shape index (κ2) is 7.97. The largest absolute Gasteiger partial charge is 0.465 e. The van der Waals surface area contributed by atoms with E-state index in [1.165, 1.54) is 7.11 Å². The number of rotatable bonds is 5. The monoisotopic (exact) mass is 320 g/mol. The number of morpholine rings is 1. The SMILES string of the molecule is COC(=O)c1cc(NC(=O)CC(C)C)ccc1N1CCOCC1. The van der Waals surface area contributed by atoms with Crippen LogP contribution >= 0.6 is 0 Å². The first kappa shape index (κ1) is 17.3. The van der Waals surface area contributed by atoms with Crippen LogP contribution < -0.4 is 10.2 Å². The van der Waals surface area contributed by atoms with Crippen molar-refractivity contribution in [1.82, 2.24) is 0 Å². The van der Waals surface area contributed by atoms with Crippen LogP contribution in [-0.4, -0.2) is 45.3 Å². The van der Waals surface area contributed by atoms with Gasteiger partial charge in [-0.05, 0) is 24.1 Å². The van der Waals surface area contributed by atoms with Crippen LogP contribution in [0.5, 0.6) is 0 Å². The number of nitrogens with zero attached hydrogens (tertiary/aromatic N) is 1. The Kier molecular flexibility index (Phi) is 5.98. The van der Waals surface area contributed by atoms with Crippen LogP contribution in [-0.2, 0) is 14.3 Å². The Balaban J connectivity index is 2.23. The highest BCUT2D eigenvalue weighted by Gasteiger charge is 2.20. The van der Waals surface area contributed by atoms with Crippen molar-refractivity contribution in [1.29, 1.82) is 0 Å². The Morgan fingerprint density at radius 2 is 2.00 bits per heavy atom. The maximum absolute atomic E-state index is 12.1. The summed E-state index contributed by atoms with van der Waals surface area (Å²) in [7, 11) is 1.36. The first-order valence-electron chi connectivity index (χ1n) is 7.86. The third-order valence-corrected chi connectivity index (χ3v) is 3.63. The van der Waals surface area contributed by atoms with Gasteiger partial charge in [0, 0.05) is 25.2 Å². The van der Waals surface area contributed by atoms with E-state index in [0.717, 1.165) is 18.8 Å². The molecule has 1 heterocycles. The normalized spacial score (nSPS) is 14.7. The van der Waals surface area contributed by atoms with Gasteiger partial charge >= 0.3 is 5.97 Å². The molecule has 23 heavy (non-hydrogen) atoms. The van der Waals surface area contributed by atoms with Crippen molar-refractivity contribution in [2.24, 2.45) is 5.92 Å². The van der Waals surface area contributed by atoms with Crippen LogP contribution in [0.2, 0.25) is 0 Å². The predicted octanol–water partition coefficient (Wildman–Crippen LogP) is 2.29. The molecular weight excluding hydrogens is 296 g/mol. The molecule has 6 nitrogen and oxygen atoms in total. The minimum Gasteiger partial charge on any atom is -0.465 e. The van der Waals surface area contributed by atoms with Gasteiger partial charge in [-0.25, -0.2) is 4.79 Å². The van der Waals surface area contributed by atoms with Crippen molar-refractivity contribution in [2.75, 3.05) is 43.6 Å². The summed E-state index contributed by atoms with van der Waals surface area (Å²) in [4.78, 5) is 26.1. The molecule has 0 aromatic heterocycles. The summed E-state index contributed by atoms with van der Waals surface area (Å²) >= 11 is 0. The summed E-state index contributed by atoms with van der Waals surface area (Å²) in [6, 6.07) is 5.34. The van der Waals surface area contributed by atoms with E-state index in [1.54, 1.807) is 6.07 Å². The summed E-state index contributed by atoms with van der Waals surface area (Å²) in [6.07, 6.45) is 0.443. The van der Waals surface area contributed by atoms with Gasteiger partial charge in [-0.1, -0.05) is 13.8 Å². The van der Waals surface area contributed by atoms with Crippen molar-refractivity contribution in [3.63, 3.8) is 0 Å². The molecule has 6 heteroatoms. The van der Waals surface area contributed by atoms with E-state index in [2.05, 4.69) is 10.2 Å². The number of hydrogen-bond acceptors (Lipinski definition) is 5. The van der Waals surface area contributed by atoms with Crippen LogP contribution in [0.4, 0.5) is 11.4 Å². The zero-order valence-corrected chi connectivity index (χ0v) is 13.9. The Morgan fingerprint density at radius 3 is 2.61 bits per heavy atom. The van der Waals surface area contributed by atoms with Crippen molar-refractivity contribution in [2.45, 2.75) is 20.3 Å². The number of anilines is 2. The van der Waals surface area contributed by atoms with Gasteiger partial charge in [0.15, 0.2) is 0 Å². The van der Waals surface area contributed by atoms with Crippen LogP contribution in [0.1, 0.15) is 30.6 Å². The maximum atomic E-state index is 12.1. The summed E-state index contributed by atoms with van der Waals surface area (Å²) in [6.45, 7) is 6.69. The Morgan fingerprint density at radius 1 is 1.30 bits per heavy atom. The Labute approximate surface area is 136 Å². The van der Waals surface area contributed by atoms with E-state index in [4.69, 9.17) is 9.47 Å². The third-order valence-electron chi connectivity index (χ3n) is 3.63. The first-order chi connectivity index (χ1) is 11.0. The number of benzene rings is 1. The molecule has 1 aliphatic heterocycles. The fourth-order valence-electron chi connectivity index (χ4n) is 2.55. The van der Waals surface area contributed by atoms with E-state index in [9.17, 15) is 9.59 Å². The fourth-order valence-corrected chi connectivity index (χ4v) is 2.55. The second-order valence-electron chi connectivity index (χ2n) is 5.97. The van der Waals surface area contributed by atoms with Gasteiger partial charge in [-0.15, -0.1) is 0 Å². The van der Waals surface area contributed by atoms with Gasteiger partial charge in [-0.2, -0.15) is 0 Å². The topological polar surface area (TPSA) is 67.9 Å². The van der Waals surface area contributed by atoms with Gasteiger partial charge in [0.25, 0.3) is 0 Å². The van der Waals surface area contributed by atoms with Crippen molar-refractivity contribution in [3.05, 3.63) is 23.8 Å². The lowest BCUT2D eigenvalue weighted by Gasteiger charge is -2.30. The van der Waals surface area contributed by atoms with E-state index in [0.29, 0.717) is 30.9 Å². The molecule has 0 unspecified atom stereocenters. The lowest BCUT2D eigenvalue weighted by molar-refractivity contribution is -0.116. The fraction of sp³-hybridized carbons (Fsp3) is 0.529. The minimum atomic E-state index is -0.411. The zero-order chi connectivity index (χ0) is 16.8. The van der Waals surface area contributed by atoms with Gasteiger partial charge in [-0.3, -0.25) is 4.79 Å². The number of ether oxygens (including phenoxy) is 2. The lowest BCUT2D eigenvalue weighted by Crippen LogP contribution is -2.37. The number of amides is 1. The standard InChI is InChI=1S/C17H24N2O4/c1-12(2)10-16(20)18-13-4-5-15(14(11-13)17(21)22-3)19-6-8-23-9-7-19/h4-5,11-12H,6-10H2,1-3H3,(H,18,20). The second-order valence-corrected chi connectivity index (χ2v) is 5.97. The smallest absolute Gasteiger partial charge is 0.340 e. The number of hydrogen-bond donors (Lipinski definition) is 1. The van der Waals surface area contributed by atoms with Crippen LogP contribution in [0.15, 0.2) is 18.2 Å². The van der Waals surface area contributed by atoms with E-state index < -0.39 is 5.97 Å².